The Morgan fingerprint density at radius 1 is 1.07 bits per heavy atom. The molecule has 0 bridgehead atoms. The molecule has 2 aromatic carbocycles. The maximum atomic E-state index is 13.0. The molecule has 8 heteroatoms. The van der Waals surface area contributed by atoms with E-state index in [4.69, 9.17) is 0 Å². The Hall–Kier alpha value is -3.13. The SMILES string of the molecule is CCC(C)C(NC(=O)Cc1ccc(F)cc1)C(=O)Nc1nnc(-c2ccccc2)s1. The maximum absolute atomic E-state index is 13.0. The molecule has 2 amide bonds. The van der Waals surface area contributed by atoms with Crippen LogP contribution in [0.2, 0.25) is 0 Å². The highest BCUT2D eigenvalue weighted by molar-refractivity contribution is 7.18. The number of carbonyl (C=O) groups is 2. The van der Waals surface area contributed by atoms with E-state index in [1.54, 1.807) is 12.1 Å². The molecule has 156 valence electrons. The van der Waals surface area contributed by atoms with Gasteiger partial charge in [0.05, 0.1) is 6.42 Å². The van der Waals surface area contributed by atoms with Crippen molar-refractivity contribution < 1.29 is 14.0 Å². The summed E-state index contributed by atoms with van der Waals surface area (Å²) in [4.78, 5) is 25.3. The van der Waals surface area contributed by atoms with E-state index in [0.717, 1.165) is 5.56 Å². The fraction of sp³-hybridized carbons (Fsp3) is 0.273. The van der Waals surface area contributed by atoms with Crippen LogP contribution in [-0.4, -0.2) is 28.1 Å². The standard InChI is InChI=1S/C22H23FN4O2S/c1-3-14(2)19(24-18(28)13-15-9-11-17(23)12-10-15)20(29)25-22-27-26-21(30-22)16-7-5-4-6-8-16/h4-12,14,19H,3,13H2,1-2H3,(H,24,28)(H,25,27,29). The molecule has 0 spiro atoms. The van der Waals surface area contributed by atoms with E-state index < -0.39 is 6.04 Å². The summed E-state index contributed by atoms with van der Waals surface area (Å²) in [6.45, 7) is 3.85. The average Bonchev–Trinajstić information content (AvgIpc) is 3.22. The van der Waals surface area contributed by atoms with E-state index in [9.17, 15) is 14.0 Å². The van der Waals surface area contributed by atoms with Crippen molar-refractivity contribution in [2.24, 2.45) is 5.92 Å². The largest absolute Gasteiger partial charge is 0.344 e. The minimum absolute atomic E-state index is 0.0669. The summed E-state index contributed by atoms with van der Waals surface area (Å²) < 4.78 is 13.0. The Bertz CT molecular complexity index is 992. The first-order chi connectivity index (χ1) is 14.5. The van der Waals surface area contributed by atoms with Gasteiger partial charge in [-0.3, -0.25) is 14.9 Å². The molecule has 1 heterocycles. The van der Waals surface area contributed by atoms with Gasteiger partial charge in [-0.1, -0.05) is 74.1 Å². The number of hydrogen-bond acceptors (Lipinski definition) is 5. The molecule has 30 heavy (non-hydrogen) atoms. The molecule has 3 aromatic rings. The highest BCUT2D eigenvalue weighted by atomic mass is 32.1. The second-order valence-corrected chi connectivity index (χ2v) is 7.98. The molecule has 0 saturated heterocycles. The van der Waals surface area contributed by atoms with Crippen LogP contribution < -0.4 is 10.6 Å². The lowest BCUT2D eigenvalue weighted by Gasteiger charge is -2.23. The first-order valence-corrected chi connectivity index (χ1v) is 10.5. The molecule has 3 rings (SSSR count). The van der Waals surface area contributed by atoms with Crippen LogP contribution in [0.15, 0.2) is 54.6 Å². The number of hydrogen-bond donors (Lipinski definition) is 2. The van der Waals surface area contributed by atoms with Crippen LogP contribution in [0.5, 0.6) is 0 Å². The fourth-order valence-corrected chi connectivity index (χ4v) is 3.62. The van der Waals surface area contributed by atoms with E-state index in [0.29, 0.717) is 22.1 Å². The molecule has 1 aromatic heterocycles. The predicted molar refractivity (Wildman–Crippen MR) is 115 cm³/mol. The summed E-state index contributed by atoms with van der Waals surface area (Å²) in [6.07, 6.45) is 0.776. The van der Waals surface area contributed by atoms with E-state index in [1.165, 1.54) is 23.5 Å². The lowest BCUT2D eigenvalue weighted by atomic mass is 9.98. The van der Waals surface area contributed by atoms with Gasteiger partial charge in [0, 0.05) is 5.56 Å². The Morgan fingerprint density at radius 2 is 1.77 bits per heavy atom. The maximum Gasteiger partial charge on any atom is 0.249 e. The van der Waals surface area contributed by atoms with E-state index in [2.05, 4.69) is 20.8 Å². The third-order valence-corrected chi connectivity index (χ3v) is 5.65. The number of aromatic nitrogens is 2. The summed E-state index contributed by atoms with van der Waals surface area (Å²) in [5.74, 6) is -1.08. The summed E-state index contributed by atoms with van der Waals surface area (Å²) in [7, 11) is 0. The Labute approximate surface area is 178 Å². The highest BCUT2D eigenvalue weighted by Gasteiger charge is 2.27. The number of benzene rings is 2. The number of halogens is 1. The fourth-order valence-electron chi connectivity index (χ4n) is 2.87. The molecule has 2 atom stereocenters. The zero-order chi connectivity index (χ0) is 21.5. The molecule has 0 aliphatic rings. The average molecular weight is 427 g/mol. The summed E-state index contributed by atoms with van der Waals surface area (Å²) in [5, 5.41) is 14.8. The summed E-state index contributed by atoms with van der Waals surface area (Å²) >= 11 is 1.27. The second-order valence-electron chi connectivity index (χ2n) is 7.00. The number of nitrogens with zero attached hydrogens (tertiary/aromatic N) is 2. The Morgan fingerprint density at radius 3 is 2.43 bits per heavy atom. The van der Waals surface area contributed by atoms with Gasteiger partial charge in [0.25, 0.3) is 0 Å². The highest BCUT2D eigenvalue weighted by Crippen LogP contribution is 2.26. The lowest BCUT2D eigenvalue weighted by molar-refractivity contribution is -0.127. The number of anilines is 1. The Balaban J connectivity index is 1.66. The van der Waals surface area contributed by atoms with Crippen molar-refractivity contribution in [2.45, 2.75) is 32.7 Å². The van der Waals surface area contributed by atoms with E-state index >= 15 is 0 Å². The molecule has 0 aliphatic carbocycles. The first kappa shape index (κ1) is 21.6. The van der Waals surface area contributed by atoms with E-state index in [1.807, 2.05) is 44.2 Å². The third-order valence-electron chi connectivity index (χ3n) is 4.77. The summed E-state index contributed by atoms with van der Waals surface area (Å²) in [5.41, 5.74) is 1.59. The molecule has 2 N–H and O–H groups in total. The molecule has 0 radical (unpaired) electrons. The van der Waals surface area contributed by atoms with Crippen LogP contribution in [0.25, 0.3) is 10.6 Å². The number of carbonyl (C=O) groups excluding carboxylic acids is 2. The molecule has 0 saturated carbocycles. The van der Waals surface area contributed by atoms with Crippen molar-refractivity contribution in [3.8, 4) is 10.6 Å². The number of nitrogens with one attached hydrogen (secondary N) is 2. The van der Waals surface area contributed by atoms with Gasteiger partial charge in [0.2, 0.25) is 16.9 Å². The summed E-state index contributed by atoms with van der Waals surface area (Å²) in [6, 6.07) is 14.6. The zero-order valence-electron chi connectivity index (χ0n) is 16.8. The monoisotopic (exact) mass is 426 g/mol. The topological polar surface area (TPSA) is 84.0 Å². The van der Waals surface area contributed by atoms with Gasteiger partial charge in [0.1, 0.15) is 16.9 Å². The van der Waals surface area contributed by atoms with Crippen LogP contribution in [0.3, 0.4) is 0 Å². The van der Waals surface area contributed by atoms with Crippen LogP contribution in [0.4, 0.5) is 9.52 Å². The van der Waals surface area contributed by atoms with Crippen LogP contribution in [-0.2, 0) is 16.0 Å². The van der Waals surface area contributed by atoms with Crippen molar-refractivity contribution >= 4 is 28.3 Å². The number of amides is 2. The van der Waals surface area contributed by atoms with Crippen molar-refractivity contribution in [2.75, 3.05) is 5.32 Å². The molecule has 0 aliphatic heterocycles. The molecule has 0 fully saturated rings. The second kappa shape index (κ2) is 10.1. The predicted octanol–water partition coefficient (Wildman–Crippen LogP) is 4.06. The van der Waals surface area contributed by atoms with Crippen molar-refractivity contribution in [3.05, 3.63) is 66.0 Å². The van der Waals surface area contributed by atoms with Crippen LogP contribution in [0, 0.1) is 11.7 Å². The van der Waals surface area contributed by atoms with Crippen molar-refractivity contribution in [3.63, 3.8) is 0 Å². The van der Waals surface area contributed by atoms with Crippen LogP contribution in [0.1, 0.15) is 25.8 Å². The van der Waals surface area contributed by atoms with Gasteiger partial charge in [0.15, 0.2) is 0 Å². The van der Waals surface area contributed by atoms with Crippen molar-refractivity contribution in [1.82, 2.24) is 15.5 Å². The quantitative estimate of drug-likeness (QED) is 0.569. The first-order valence-electron chi connectivity index (χ1n) is 9.70. The smallest absolute Gasteiger partial charge is 0.249 e. The Kier molecular flexibility index (Phi) is 7.24. The van der Waals surface area contributed by atoms with Gasteiger partial charge in [-0.05, 0) is 23.6 Å². The number of rotatable bonds is 8. The third kappa shape index (κ3) is 5.70. The lowest BCUT2D eigenvalue weighted by Crippen LogP contribution is -2.48. The normalized spacial score (nSPS) is 12.8. The van der Waals surface area contributed by atoms with Crippen LogP contribution >= 0.6 is 11.3 Å². The molecule has 2 unspecified atom stereocenters. The minimum atomic E-state index is -0.716. The molecule has 6 nitrogen and oxygen atoms in total. The zero-order valence-corrected chi connectivity index (χ0v) is 17.6. The minimum Gasteiger partial charge on any atom is -0.344 e. The van der Waals surface area contributed by atoms with Gasteiger partial charge < -0.3 is 5.32 Å². The van der Waals surface area contributed by atoms with Gasteiger partial charge in [-0.25, -0.2) is 4.39 Å². The molecular weight excluding hydrogens is 403 g/mol. The van der Waals surface area contributed by atoms with Gasteiger partial charge in [-0.2, -0.15) is 0 Å². The van der Waals surface area contributed by atoms with Crippen molar-refractivity contribution in [1.29, 1.82) is 0 Å². The molecular formula is C22H23FN4O2S. The van der Waals surface area contributed by atoms with Gasteiger partial charge >= 0.3 is 0 Å². The van der Waals surface area contributed by atoms with E-state index in [-0.39, 0.29) is 30.0 Å². The van der Waals surface area contributed by atoms with Gasteiger partial charge in [-0.15, -0.1) is 10.2 Å².